The average molecular weight is 805 g/mol. The zero-order chi connectivity index (χ0) is 39.0. The summed E-state index contributed by atoms with van der Waals surface area (Å²) in [6.45, 7) is 1.49. The molecule has 17 nitrogen and oxygen atoms in total. The summed E-state index contributed by atoms with van der Waals surface area (Å²) in [5.41, 5.74) is 6.63. The second-order valence-corrected chi connectivity index (χ2v) is 16.6. The van der Waals surface area contributed by atoms with Gasteiger partial charge in [0.05, 0.1) is 24.5 Å². The molecule has 5 heterocycles. The first-order valence-corrected chi connectivity index (χ1v) is 21.6. The van der Waals surface area contributed by atoms with Gasteiger partial charge in [-0.15, -0.1) is 0 Å². The number of fused-ring (bicyclic) bond motifs is 2. The summed E-state index contributed by atoms with van der Waals surface area (Å²) in [5.74, 6) is 1.17. The van der Waals surface area contributed by atoms with Crippen molar-refractivity contribution in [1.82, 2.24) is 35.5 Å². The highest BCUT2D eigenvalue weighted by atomic mass is 32.2. The van der Waals surface area contributed by atoms with Gasteiger partial charge in [0.2, 0.25) is 5.91 Å². The number of carboxylic acids is 1. The number of aliphatic carboxylic acids is 1. The second kappa shape index (κ2) is 22.3. The van der Waals surface area contributed by atoms with Crippen LogP contribution < -0.4 is 21.7 Å². The lowest BCUT2D eigenvalue weighted by Gasteiger charge is -2.16. The minimum absolute atomic E-state index is 0.0578. The maximum absolute atomic E-state index is 12.1. The predicted octanol–water partition coefficient (Wildman–Crippen LogP) is 2.71. The maximum atomic E-state index is 12.1. The van der Waals surface area contributed by atoms with Gasteiger partial charge >= 0.3 is 12.0 Å². The number of nitrogen functional groups attached to an aromatic ring is 1. The van der Waals surface area contributed by atoms with Crippen molar-refractivity contribution in [2.45, 2.75) is 131 Å². The molecule has 3 aliphatic rings. The third-order valence-electron chi connectivity index (χ3n) is 10.0. The van der Waals surface area contributed by atoms with Gasteiger partial charge in [-0.2, -0.15) is 23.5 Å². The highest BCUT2D eigenvalue weighted by Gasteiger charge is 2.44. The fraction of sp³-hybridized carbons (Fsp3) is 0.722. The number of aliphatic hydroxyl groups is 2. The minimum Gasteiger partial charge on any atom is -0.480 e. The van der Waals surface area contributed by atoms with Crippen LogP contribution >= 0.6 is 23.5 Å². The summed E-state index contributed by atoms with van der Waals surface area (Å²) >= 11 is 3.35. The number of carbonyl (C=O) groups excluding carboxylic acids is 2. The van der Waals surface area contributed by atoms with Crippen LogP contribution in [0, 0.1) is 0 Å². The van der Waals surface area contributed by atoms with Crippen molar-refractivity contribution < 1.29 is 34.4 Å². The van der Waals surface area contributed by atoms with Crippen molar-refractivity contribution in [2.24, 2.45) is 9.98 Å². The molecule has 0 radical (unpaired) electrons. The third-order valence-corrected chi connectivity index (χ3v) is 12.6. The molecule has 0 aromatic carbocycles. The Hall–Kier alpha value is -3.52. The third kappa shape index (κ3) is 12.7. The number of rotatable bonds is 25. The number of nitrogens with zero attached hydrogens (tertiary/aromatic N) is 6. The number of carbonyl (C=O) groups is 3. The molecule has 1 unspecified atom stereocenters. The number of aliphatic imine (C=N–C) groups is 2. The molecular formula is C36H56N10O7S2. The Bertz CT molecular complexity index is 1600. The van der Waals surface area contributed by atoms with Gasteiger partial charge in [-0.25, -0.2) is 24.5 Å². The molecular weight excluding hydrogens is 749 g/mol. The predicted molar refractivity (Wildman–Crippen MR) is 215 cm³/mol. The van der Waals surface area contributed by atoms with E-state index in [4.69, 9.17) is 10.5 Å². The molecule has 3 fully saturated rings. The summed E-state index contributed by atoms with van der Waals surface area (Å²) in [4.78, 5) is 56.5. The molecule has 2 aromatic rings. The van der Waals surface area contributed by atoms with Crippen molar-refractivity contribution in [2.75, 3.05) is 36.1 Å². The number of nitrogens with one attached hydrogen (secondary N) is 3. The summed E-state index contributed by atoms with van der Waals surface area (Å²) in [6.07, 6.45) is 13.8. The smallest absolute Gasteiger partial charge is 0.328 e. The quantitative estimate of drug-likeness (QED) is 0.0434. The van der Waals surface area contributed by atoms with E-state index in [-0.39, 0.29) is 29.8 Å². The molecule has 8 atom stereocenters. The molecule has 0 bridgehead atoms. The van der Waals surface area contributed by atoms with Crippen LogP contribution in [0.25, 0.3) is 11.2 Å². The Balaban J connectivity index is 0.819. The van der Waals surface area contributed by atoms with Crippen LogP contribution in [0.5, 0.6) is 0 Å². The van der Waals surface area contributed by atoms with Crippen molar-refractivity contribution in [1.29, 1.82) is 0 Å². The van der Waals surface area contributed by atoms with Crippen LogP contribution in [0.4, 0.5) is 10.6 Å². The molecule has 0 aliphatic carbocycles. The molecule has 55 heavy (non-hydrogen) atoms. The monoisotopic (exact) mass is 804 g/mol. The number of carboxylic acid groups (broad SMARTS) is 1. The number of aromatic nitrogens is 4. The van der Waals surface area contributed by atoms with Gasteiger partial charge in [-0.05, 0) is 82.4 Å². The second-order valence-electron chi connectivity index (χ2n) is 14.2. The Labute approximate surface area is 329 Å². The lowest BCUT2D eigenvalue weighted by molar-refractivity contribution is -0.138. The van der Waals surface area contributed by atoms with Crippen molar-refractivity contribution in [3.8, 4) is 0 Å². The van der Waals surface area contributed by atoms with E-state index in [1.807, 2.05) is 18.0 Å². The van der Waals surface area contributed by atoms with Gasteiger partial charge in [0.25, 0.3) is 0 Å². The number of hydrogen-bond donors (Lipinski definition) is 7. The number of anilines is 1. The first-order valence-electron chi connectivity index (χ1n) is 19.4. The first kappa shape index (κ1) is 42.6. The lowest BCUT2D eigenvalue weighted by atomic mass is 10.0. The molecule has 19 heteroatoms. The number of hydrogen-bond acceptors (Lipinski definition) is 14. The first-order chi connectivity index (χ1) is 26.7. The van der Waals surface area contributed by atoms with E-state index < -0.39 is 36.6 Å². The van der Waals surface area contributed by atoms with Crippen molar-refractivity contribution in [3.05, 3.63) is 12.7 Å². The molecule has 3 amide bonds. The van der Waals surface area contributed by atoms with Gasteiger partial charge in [0.1, 0.15) is 30.1 Å². The number of urea groups is 1. The molecule has 3 aliphatic heterocycles. The van der Waals surface area contributed by atoms with E-state index in [1.54, 1.807) is 6.21 Å². The molecule has 8 N–H and O–H groups in total. The van der Waals surface area contributed by atoms with Crippen molar-refractivity contribution >= 4 is 70.8 Å². The zero-order valence-electron chi connectivity index (χ0n) is 31.2. The number of ether oxygens (including phenoxy) is 1. The van der Waals surface area contributed by atoms with E-state index in [0.717, 1.165) is 76.5 Å². The van der Waals surface area contributed by atoms with Crippen LogP contribution in [0.15, 0.2) is 22.6 Å². The summed E-state index contributed by atoms with van der Waals surface area (Å²) in [6, 6.07) is -0.423. The van der Waals surface area contributed by atoms with E-state index >= 15 is 0 Å². The number of aliphatic hydroxyl groups excluding tert-OH is 2. The summed E-state index contributed by atoms with van der Waals surface area (Å²) < 4.78 is 7.48. The van der Waals surface area contributed by atoms with E-state index in [9.17, 15) is 29.7 Å². The number of imidazole rings is 1. The van der Waals surface area contributed by atoms with Crippen LogP contribution in [-0.4, -0.2) is 137 Å². The van der Waals surface area contributed by atoms with Gasteiger partial charge in [-0.1, -0.05) is 12.8 Å². The molecule has 5 rings (SSSR count). The Kier molecular flexibility index (Phi) is 17.3. The standard InChI is InChI=1S/C36H56N10O7S2/c37-32-29-33(42-21-41-32)46(22-43-29)34-31(49)30(48)25(53-34)20-54-18-13-23(35(50)51)39-16-9-3-1-2-7-14-38-15-8-4-10-17-40-27(47)12-6-5-11-26-28-24(19-55-26)44-36(52)45-28/h14,16,21-26,28,30-31,34,48-49H,1-13,15,17-20H2,(H,40,47)(H,50,51)(H2,37,41,42)(H2,44,45,52)/b38-14-,39-16+/t23?,24-,25+,26-,28-,30+,31+,34+/m0/s1. The molecule has 304 valence electrons. The van der Waals surface area contributed by atoms with Crippen LogP contribution in [-0.2, 0) is 14.3 Å². The zero-order valence-corrected chi connectivity index (χ0v) is 32.8. The molecule has 3 saturated heterocycles. The Morgan fingerprint density at radius 3 is 2.73 bits per heavy atom. The van der Waals surface area contributed by atoms with Gasteiger partial charge in [-0.3, -0.25) is 19.3 Å². The molecule has 0 saturated carbocycles. The highest BCUT2D eigenvalue weighted by molar-refractivity contribution is 8.00. The number of nitrogens with two attached hydrogens (primary N) is 1. The highest BCUT2D eigenvalue weighted by Crippen LogP contribution is 2.34. The molecule has 0 spiro atoms. The average Bonchev–Trinajstić information content (AvgIpc) is 3.93. The lowest BCUT2D eigenvalue weighted by Crippen LogP contribution is -2.36. The number of thioether (sulfide) groups is 2. The van der Waals surface area contributed by atoms with Crippen LogP contribution in [0.2, 0.25) is 0 Å². The van der Waals surface area contributed by atoms with E-state index in [1.165, 1.54) is 29.0 Å². The number of amides is 3. The Morgan fingerprint density at radius 2 is 1.89 bits per heavy atom. The van der Waals surface area contributed by atoms with Gasteiger partial charge < -0.3 is 41.7 Å². The van der Waals surface area contributed by atoms with Gasteiger partial charge in [0, 0.05) is 36.3 Å². The minimum atomic E-state index is -1.20. The summed E-state index contributed by atoms with van der Waals surface area (Å²) in [5, 5.41) is 40.3. The van der Waals surface area contributed by atoms with E-state index in [0.29, 0.717) is 53.7 Å². The van der Waals surface area contributed by atoms with Crippen molar-refractivity contribution in [3.63, 3.8) is 0 Å². The van der Waals surface area contributed by atoms with Crippen LogP contribution in [0.3, 0.4) is 0 Å². The number of unbranched alkanes of at least 4 members (excludes halogenated alkanes) is 7. The fourth-order valence-electron chi connectivity index (χ4n) is 6.94. The maximum Gasteiger partial charge on any atom is 0.328 e. The van der Waals surface area contributed by atoms with E-state index in [2.05, 4.69) is 40.9 Å². The van der Waals surface area contributed by atoms with Gasteiger partial charge in [0.15, 0.2) is 17.7 Å². The molecule has 2 aromatic heterocycles. The largest absolute Gasteiger partial charge is 0.480 e. The summed E-state index contributed by atoms with van der Waals surface area (Å²) in [7, 11) is 0. The topological polar surface area (TPSA) is 252 Å². The Morgan fingerprint density at radius 1 is 1.07 bits per heavy atom. The van der Waals surface area contributed by atoms with Crippen LogP contribution in [0.1, 0.15) is 89.7 Å². The fourth-order valence-corrected chi connectivity index (χ4v) is 9.54. The normalized spacial score (nSPS) is 25.5. The SMILES string of the molecule is Nc1ncnc2c1ncn2[C@@H]1O[C@H](CSCCC(/N=C/CCCCC/C=N\CCCCCNC(=O)CCCC[C@@H]2SC[C@@H]3NC(=O)N[C@@H]32)C(=O)O)[C@@H](O)[C@H]1O.